The van der Waals surface area contributed by atoms with Crippen molar-refractivity contribution in [3.05, 3.63) is 68.3 Å². The molecule has 0 radical (unpaired) electrons. The Hall–Kier alpha value is -3.29. The second kappa shape index (κ2) is 7.53. The third-order valence-corrected chi connectivity index (χ3v) is 4.35. The van der Waals surface area contributed by atoms with E-state index in [1.807, 2.05) is 25.1 Å². The minimum atomic E-state index is -0.343. The standard InChI is InChI=1S/C19H21N5O3/c1-12-10-13(2)23(19(27)21-12)9-8-20-17(25)11-24-18(26)16-7-5-4-6-15(16)14(3)22-24/h4-7,10H,8-9,11H2,1-3H3,(H,20,25). The summed E-state index contributed by atoms with van der Waals surface area (Å²) in [5.41, 5.74) is 1.48. The molecule has 8 nitrogen and oxygen atoms in total. The highest BCUT2D eigenvalue weighted by Crippen LogP contribution is 2.11. The number of carbonyl (C=O) groups is 1. The van der Waals surface area contributed by atoms with Gasteiger partial charge in [0.1, 0.15) is 6.54 Å². The predicted molar refractivity (Wildman–Crippen MR) is 102 cm³/mol. The minimum Gasteiger partial charge on any atom is -0.353 e. The second-order valence-corrected chi connectivity index (χ2v) is 6.42. The molecule has 8 heteroatoms. The number of hydrogen-bond donors (Lipinski definition) is 1. The van der Waals surface area contributed by atoms with Crippen LogP contribution in [-0.4, -0.2) is 31.8 Å². The molecule has 3 rings (SSSR count). The average molecular weight is 367 g/mol. The van der Waals surface area contributed by atoms with Crippen LogP contribution in [0.25, 0.3) is 10.8 Å². The minimum absolute atomic E-state index is 0.176. The molecular weight excluding hydrogens is 346 g/mol. The molecule has 0 aliphatic heterocycles. The smallest absolute Gasteiger partial charge is 0.348 e. The molecule has 0 aliphatic carbocycles. The van der Waals surface area contributed by atoms with Crippen molar-refractivity contribution in [2.24, 2.45) is 0 Å². The maximum absolute atomic E-state index is 12.5. The van der Waals surface area contributed by atoms with Gasteiger partial charge in [-0.2, -0.15) is 10.1 Å². The zero-order chi connectivity index (χ0) is 19.6. The fraction of sp³-hybridized carbons (Fsp3) is 0.316. The maximum atomic E-state index is 12.5. The molecule has 140 valence electrons. The third kappa shape index (κ3) is 3.94. The lowest BCUT2D eigenvalue weighted by molar-refractivity contribution is -0.121. The molecule has 0 bridgehead atoms. The van der Waals surface area contributed by atoms with E-state index < -0.39 is 0 Å². The molecule has 0 saturated carbocycles. The Labute approximate surface area is 155 Å². The van der Waals surface area contributed by atoms with Crippen LogP contribution < -0.4 is 16.6 Å². The lowest BCUT2D eigenvalue weighted by Gasteiger charge is -2.11. The van der Waals surface area contributed by atoms with Crippen molar-refractivity contribution in [2.75, 3.05) is 6.54 Å². The van der Waals surface area contributed by atoms with Crippen LogP contribution in [0.4, 0.5) is 0 Å². The zero-order valence-electron chi connectivity index (χ0n) is 15.5. The van der Waals surface area contributed by atoms with Crippen LogP contribution in [-0.2, 0) is 17.9 Å². The maximum Gasteiger partial charge on any atom is 0.348 e. The van der Waals surface area contributed by atoms with Crippen molar-refractivity contribution in [3.8, 4) is 0 Å². The highest BCUT2D eigenvalue weighted by Gasteiger charge is 2.11. The van der Waals surface area contributed by atoms with Crippen LogP contribution in [0, 0.1) is 20.8 Å². The van der Waals surface area contributed by atoms with E-state index >= 15 is 0 Å². The first-order valence-corrected chi connectivity index (χ1v) is 8.65. The Bertz CT molecular complexity index is 1130. The summed E-state index contributed by atoms with van der Waals surface area (Å²) < 4.78 is 2.66. The van der Waals surface area contributed by atoms with Gasteiger partial charge in [0.05, 0.1) is 11.1 Å². The Morgan fingerprint density at radius 1 is 1.11 bits per heavy atom. The van der Waals surface area contributed by atoms with E-state index in [4.69, 9.17) is 0 Å². The Balaban J connectivity index is 1.69. The topological polar surface area (TPSA) is 98.9 Å². The predicted octanol–water partition coefficient (Wildman–Crippen LogP) is 0.695. The van der Waals surface area contributed by atoms with Gasteiger partial charge in [-0.15, -0.1) is 0 Å². The monoisotopic (exact) mass is 367 g/mol. The molecule has 0 fully saturated rings. The van der Waals surface area contributed by atoms with Gasteiger partial charge in [-0.1, -0.05) is 18.2 Å². The van der Waals surface area contributed by atoms with Gasteiger partial charge in [0.15, 0.2) is 0 Å². The number of aryl methyl sites for hydroxylation is 3. The number of nitrogens with one attached hydrogen (secondary N) is 1. The van der Waals surface area contributed by atoms with E-state index in [9.17, 15) is 14.4 Å². The van der Waals surface area contributed by atoms with Crippen LogP contribution in [0.5, 0.6) is 0 Å². The number of amides is 1. The van der Waals surface area contributed by atoms with Crippen LogP contribution in [0.3, 0.4) is 0 Å². The lowest BCUT2D eigenvalue weighted by atomic mass is 10.1. The number of hydrogen-bond acceptors (Lipinski definition) is 5. The molecular formula is C19H21N5O3. The first kappa shape index (κ1) is 18.5. The fourth-order valence-corrected chi connectivity index (χ4v) is 3.06. The Morgan fingerprint density at radius 2 is 1.81 bits per heavy atom. The van der Waals surface area contributed by atoms with Crippen LogP contribution in [0.2, 0.25) is 0 Å². The number of nitrogens with zero attached hydrogens (tertiary/aromatic N) is 4. The van der Waals surface area contributed by atoms with Gasteiger partial charge in [-0.05, 0) is 32.9 Å². The van der Waals surface area contributed by atoms with Gasteiger partial charge in [-0.25, -0.2) is 9.48 Å². The molecule has 0 spiro atoms. The van der Waals surface area contributed by atoms with Crippen molar-refractivity contribution < 1.29 is 4.79 Å². The lowest BCUT2D eigenvalue weighted by Crippen LogP contribution is -2.37. The summed E-state index contributed by atoms with van der Waals surface area (Å²) in [6.07, 6.45) is 0. The molecule has 27 heavy (non-hydrogen) atoms. The highest BCUT2D eigenvalue weighted by molar-refractivity contribution is 5.83. The van der Waals surface area contributed by atoms with E-state index in [1.54, 1.807) is 26.0 Å². The molecule has 0 atom stereocenters. The van der Waals surface area contributed by atoms with Crippen molar-refractivity contribution >= 4 is 16.7 Å². The first-order chi connectivity index (χ1) is 12.9. The van der Waals surface area contributed by atoms with Gasteiger partial charge in [0, 0.05) is 29.9 Å². The van der Waals surface area contributed by atoms with Crippen molar-refractivity contribution in [1.82, 2.24) is 24.6 Å². The average Bonchev–Trinajstić information content (AvgIpc) is 2.61. The summed E-state index contributed by atoms with van der Waals surface area (Å²) in [5.74, 6) is -0.343. The zero-order valence-corrected chi connectivity index (χ0v) is 15.5. The summed E-state index contributed by atoms with van der Waals surface area (Å²) >= 11 is 0. The summed E-state index contributed by atoms with van der Waals surface area (Å²) in [4.78, 5) is 40.5. The number of rotatable bonds is 5. The molecule has 1 amide bonds. The summed E-state index contributed by atoms with van der Waals surface area (Å²) in [7, 11) is 0. The molecule has 0 aliphatic rings. The molecule has 0 saturated heterocycles. The SMILES string of the molecule is Cc1cc(C)n(CCNC(=O)Cn2nc(C)c3ccccc3c2=O)c(=O)n1. The summed E-state index contributed by atoms with van der Waals surface area (Å²) in [5, 5.41) is 8.25. The van der Waals surface area contributed by atoms with Crippen molar-refractivity contribution in [1.29, 1.82) is 0 Å². The van der Waals surface area contributed by atoms with Gasteiger partial charge >= 0.3 is 5.69 Å². The number of benzene rings is 1. The van der Waals surface area contributed by atoms with Crippen LogP contribution in [0.15, 0.2) is 39.9 Å². The van der Waals surface area contributed by atoms with Gasteiger partial charge in [-0.3, -0.25) is 14.2 Å². The molecule has 1 aromatic carbocycles. The quantitative estimate of drug-likeness (QED) is 0.715. The van der Waals surface area contributed by atoms with E-state index in [-0.39, 0.29) is 30.2 Å². The molecule has 0 unspecified atom stereocenters. The van der Waals surface area contributed by atoms with E-state index in [1.165, 1.54) is 4.57 Å². The van der Waals surface area contributed by atoms with Crippen LogP contribution in [0.1, 0.15) is 17.1 Å². The third-order valence-electron chi connectivity index (χ3n) is 4.35. The van der Waals surface area contributed by atoms with E-state index in [0.29, 0.717) is 23.3 Å². The number of carbonyl (C=O) groups excluding carboxylic acids is 1. The first-order valence-electron chi connectivity index (χ1n) is 8.65. The Kier molecular flexibility index (Phi) is 5.16. The van der Waals surface area contributed by atoms with E-state index in [0.717, 1.165) is 15.8 Å². The normalized spacial score (nSPS) is 10.9. The van der Waals surface area contributed by atoms with Crippen LogP contribution >= 0.6 is 0 Å². The number of fused-ring (bicyclic) bond motifs is 1. The molecule has 2 heterocycles. The van der Waals surface area contributed by atoms with E-state index in [2.05, 4.69) is 15.4 Å². The number of aromatic nitrogens is 4. The largest absolute Gasteiger partial charge is 0.353 e. The van der Waals surface area contributed by atoms with Gasteiger partial charge in [0.2, 0.25) is 5.91 Å². The van der Waals surface area contributed by atoms with Gasteiger partial charge < -0.3 is 5.32 Å². The van der Waals surface area contributed by atoms with Gasteiger partial charge in [0.25, 0.3) is 5.56 Å². The van der Waals surface area contributed by atoms with Crippen molar-refractivity contribution in [3.63, 3.8) is 0 Å². The molecule has 1 N–H and O–H groups in total. The fourth-order valence-electron chi connectivity index (χ4n) is 3.06. The molecule has 2 aromatic heterocycles. The summed E-state index contributed by atoms with van der Waals surface area (Å²) in [6, 6.07) is 8.99. The van der Waals surface area contributed by atoms with Crippen molar-refractivity contribution in [2.45, 2.75) is 33.9 Å². The Morgan fingerprint density at radius 3 is 2.52 bits per heavy atom. The highest BCUT2D eigenvalue weighted by atomic mass is 16.2. The molecule has 3 aromatic rings. The second-order valence-electron chi connectivity index (χ2n) is 6.42. The summed E-state index contributed by atoms with van der Waals surface area (Å²) in [6.45, 7) is 5.77.